The van der Waals surface area contributed by atoms with Crippen molar-refractivity contribution in [3.63, 3.8) is 0 Å². The molecule has 0 aromatic carbocycles. The number of halogens is 1. The highest BCUT2D eigenvalue weighted by Gasteiger charge is 1.95. The normalized spacial score (nSPS) is 10.1. The second-order valence-corrected chi connectivity index (χ2v) is 3.08. The van der Waals surface area contributed by atoms with E-state index in [-0.39, 0.29) is 0 Å². The van der Waals surface area contributed by atoms with Crippen molar-refractivity contribution in [3.8, 4) is 0 Å². The molecule has 1 heterocycles. The van der Waals surface area contributed by atoms with Crippen LogP contribution in [0.15, 0.2) is 24.4 Å². The first-order valence-electron chi connectivity index (χ1n) is 3.58. The van der Waals surface area contributed by atoms with Crippen LogP contribution >= 0.6 is 0 Å². The lowest BCUT2D eigenvalue weighted by Gasteiger charge is -2.17. The fraction of sp³-hybridized carbons (Fsp3) is 0.286. The fourth-order valence-corrected chi connectivity index (χ4v) is 0.783. The minimum absolute atomic E-state index is 1.12. The zero-order chi connectivity index (χ0) is 11.2. The Hall–Kier alpha value is -0.920. The summed E-state index contributed by atoms with van der Waals surface area (Å²) in [6.45, 7) is 0. The highest BCUT2D eigenvalue weighted by molar-refractivity contribution is 5.25. The van der Waals surface area contributed by atoms with Crippen LogP contribution in [0.2, 0.25) is 0 Å². The average Bonchev–Trinajstić information content (AvgIpc) is 2.02. The van der Waals surface area contributed by atoms with E-state index < -0.39 is 10.2 Å². The van der Waals surface area contributed by atoms with E-state index in [4.69, 9.17) is 18.6 Å². The fourth-order valence-electron chi connectivity index (χ4n) is 0.783. The number of aryl methyl sites for hydroxylation is 1. The van der Waals surface area contributed by atoms with Crippen molar-refractivity contribution in [1.82, 2.24) is 0 Å². The second kappa shape index (κ2) is 5.74. The zero-order valence-corrected chi connectivity index (χ0v) is 8.52. The lowest BCUT2D eigenvalue weighted by atomic mass is 10.4. The average molecular weight is 223 g/mol. The molecule has 0 radical (unpaired) electrons. The van der Waals surface area contributed by atoms with Crippen LogP contribution in [-0.4, -0.2) is 7.05 Å². The number of hydrogen-bond donors (Lipinski definition) is 1. The number of rotatable bonds is 1. The van der Waals surface area contributed by atoms with Gasteiger partial charge in [-0.2, -0.15) is 0 Å². The van der Waals surface area contributed by atoms with E-state index in [1.165, 1.54) is 0 Å². The quantitative estimate of drug-likeness (QED) is 0.485. The van der Waals surface area contributed by atoms with Crippen LogP contribution in [0, 0.1) is 10.2 Å². The van der Waals surface area contributed by atoms with Crippen LogP contribution in [0.3, 0.4) is 0 Å². The Morgan fingerprint density at radius 2 is 1.71 bits per heavy atom. The molecule has 7 heteroatoms. The van der Waals surface area contributed by atoms with E-state index in [1.54, 1.807) is 0 Å². The summed E-state index contributed by atoms with van der Waals surface area (Å²) in [5.41, 5.74) is 0. The first-order chi connectivity index (χ1) is 6.34. The van der Waals surface area contributed by atoms with Gasteiger partial charge in [-0.25, -0.2) is 23.2 Å². The van der Waals surface area contributed by atoms with Gasteiger partial charge in [-0.3, -0.25) is 5.32 Å². The third kappa shape index (κ3) is 7.71. The number of aromatic nitrogens is 1. The summed E-state index contributed by atoms with van der Waals surface area (Å²) in [7, 11) is -1.03. The molecular formula is C7H11ClN2O4. The third-order valence-electron chi connectivity index (χ3n) is 1.31. The Kier molecular flexibility index (Phi) is 5.36. The van der Waals surface area contributed by atoms with Crippen molar-refractivity contribution in [2.75, 3.05) is 12.4 Å². The summed E-state index contributed by atoms with van der Waals surface area (Å²) in [6, 6.07) is 6.03. The number of anilines is 1. The predicted octanol–water partition coefficient (Wildman–Crippen LogP) is -4.20. The molecule has 0 aliphatic rings. The topological polar surface area (TPSA) is 108 Å². The number of hydrogen-bond acceptors (Lipinski definition) is 5. The minimum atomic E-state index is -4.94. The Morgan fingerprint density at radius 1 is 1.21 bits per heavy atom. The monoisotopic (exact) mass is 222 g/mol. The Balaban J connectivity index is 0.000000292. The van der Waals surface area contributed by atoms with Gasteiger partial charge in [0, 0.05) is 6.07 Å². The van der Waals surface area contributed by atoms with E-state index in [9.17, 15) is 0 Å². The molecule has 0 bridgehead atoms. The summed E-state index contributed by atoms with van der Waals surface area (Å²) in [6.07, 6.45) is 2.01. The summed E-state index contributed by atoms with van der Waals surface area (Å²) in [5, 5.41) is 3.06. The lowest BCUT2D eigenvalue weighted by Crippen LogP contribution is -2.68. The smallest absolute Gasteiger partial charge is 0.273 e. The predicted molar refractivity (Wildman–Crippen MR) is 37.2 cm³/mol. The molecule has 80 valence electrons. The highest BCUT2D eigenvalue weighted by Crippen LogP contribution is 1.92. The van der Waals surface area contributed by atoms with Crippen LogP contribution in [0.4, 0.5) is 5.82 Å². The molecule has 0 atom stereocenters. The Morgan fingerprint density at radius 3 is 2.00 bits per heavy atom. The van der Waals surface area contributed by atoms with Crippen molar-refractivity contribution >= 4 is 5.82 Å². The zero-order valence-electron chi connectivity index (χ0n) is 7.77. The van der Waals surface area contributed by atoms with E-state index in [2.05, 4.69) is 5.32 Å². The van der Waals surface area contributed by atoms with Crippen molar-refractivity contribution in [3.05, 3.63) is 24.4 Å². The summed E-state index contributed by atoms with van der Waals surface area (Å²) in [5.74, 6) is 1.12. The van der Waals surface area contributed by atoms with Crippen molar-refractivity contribution in [2.45, 2.75) is 0 Å². The van der Waals surface area contributed by atoms with Crippen LogP contribution in [0.25, 0.3) is 0 Å². The van der Waals surface area contributed by atoms with Gasteiger partial charge in [0.25, 0.3) is 5.82 Å². The number of pyridine rings is 1. The molecular weight excluding hydrogens is 212 g/mol. The molecule has 0 aliphatic carbocycles. The van der Waals surface area contributed by atoms with Gasteiger partial charge in [-0.1, -0.05) is 6.07 Å². The molecule has 0 unspecified atom stereocenters. The van der Waals surface area contributed by atoms with Gasteiger partial charge in [0.1, 0.15) is 0 Å². The van der Waals surface area contributed by atoms with Gasteiger partial charge in [-0.15, -0.1) is 10.2 Å². The third-order valence-corrected chi connectivity index (χ3v) is 1.31. The molecule has 1 rings (SSSR count). The lowest BCUT2D eigenvalue weighted by molar-refractivity contribution is -2.00. The number of nitrogens with zero attached hydrogens (tertiary/aromatic N) is 1. The highest BCUT2D eigenvalue weighted by atomic mass is 35.7. The standard InChI is InChI=1S/C7H10N2.ClHO4/c1-8-7-5-3-4-6-9(7)2;2-1(3,4)5/h3-6H,1-2H3;(H,2,3,4,5). The molecule has 1 aromatic heterocycles. The molecule has 1 aromatic rings. The molecule has 0 saturated carbocycles. The van der Waals surface area contributed by atoms with Gasteiger partial charge < -0.3 is 0 Å². The minimum Gasteiger partial charge on any atom is -0.277 e. The SMILES string of the molecule is CNc1cccc[n+]1C.[O-][Cl+3]([O-])([O-])[O-]. The van der Waals surface area contributed by atoms with Gasteiger partial charge >= 0.3 is 0 Å². The number of nitrogens with one attached hydrogen (secondary N) is 1. The molecule has 14 heavy (non-hydrogen) atoms. The van der Waals surface area contributed by atoms with E-state index in [1.807, 2.05) is 43.1 Å². The van der Waals surface area contributed by atoms with Gasteiger partial charge in [-0.05, 0) is 6.07 Å². The Labute approximate surface area is 83.8 Å². The van der Waals surface area contributed by atoms with Gasteiger partial charge in [0.2, 0.25) is 0 Å². The summed E-state index contributed by atoms with van der Waals surface area (Å²) < 4.78 is 36.0. The summed E-state index contributed by atoms with van der Waals surface area (Å²) in [4.78, 5) is 0. The van der Waals surface area contributed by atoms with Crippen LogP contribution in [-0.2, 0) is 7.05 Å². The maximum absolute atomic E-state index is 8.49. The van der Waals surface area contributed by atoms with E-state index >= 15 is 0 Å². The molecule has 0 fully saturated rings. The first kappa shape index (κ1) is 13.1. The van der Waals surface area contributed by atoms with Gasteiger partial charge in [0.15, 0.2) is 0 Å². The van der Waals surface area contributed by atoms with Crippen molar-refractivity contribution in [1.29, 1.82) is 0 Å². The maximum Gasteiger partial charge on any atom is 0.273 e. The molecule has 6 nitrogen and oxygen atoms in total. The van der Waals surface area contributed by atoms with Gasteiger partial charge in [0.05, 0.1) is 20.3 Å². The van der Waals surface area contributed by atoms with E-state index in [0.717, 1.165) is 5.82 Å². The molecule has 1 N–H and O–H groups in total. The first-order valence-corrected chi connectivity index (χ1v) is 4.82. The molecule has 0 amide bonds. The van der Waals surface area contributed by atoms with Crippen LogP contribution in [0.1, 0.15) is 0 Å². The Bertz CT molecular complexity index is 271. The van der Waals surface area contributed by atoms with Crippen LogP contribution in [0.5, 0.6) is 0 Å². The van der Waals surface area contributed by atoms with E-state index in [0.29, 0.717) is 0 Å². The largest absolute Gasteiger partial charge is 0.277 e. The molecule has 0 saturated heterocycles. The summed E-state index contributed by atoms with van der Waals surface area (Å²) >= 11 is 0. The molecule has 0 spiro atoms. The van der Waals surface area contributed by atoms with Crippen molar-refractivity contribution in [2.24, 2.45) is 7.05 Å². The molecule has 0 aliphatic heterocycles. The second-order valence-electron chi connectivity index (χ2n) is 2.32. The van der Waals surface area contributed by atoms with Crippen molar-refractivity contribution < 1.29 is 33.4 Å². The van der Waals surface area contributed by atoms with Crippen LogP contribution < -0.4 is 28.5 Å². The maximum atomic E-state index is 8.49.